The lowest BCUT2D eigenvalue weighted by molar-refractivity contribution is 0.0497. The molecule has 1 aliphatic rings. The van der Waals surface area contributed by atoms with Gasteiger partial charge in [-0.3, -0.25) is 0 Å². The van der Waals surface area contributed by atoms with Crippen molar-refractivity contribution >= 4 is 6.09 Å². The van der Waals surface area contributed by atoms with Crippen LogP contribution in [0.5, 0.6) is 0 Å². The molecule has 2 atom stereocenters. The Balaban J connectivity index is 1.88. The fraction of sp³-hybridized carbons (Fsp3) is 0.632. The first-order valence-electron chi connectivity index (χ1n) is 8.54. The molecule has 1 amide bonds. The summed E-state index contributed by atoms with van der Waals surface area (Å²) in [6, 6.07) is 8.81. The van der Waals surface area contributed by atoms with Gasteiger partial charge in [0.1, 0.15) is 5.60 Å². The van der Waals surface area contributed by atoms with E-state index in [4.69, 9.17) is 4.74 Å². The van der Waals surface area contributed by atoms with Crippen molar-refractivity contribution in [3.05, 3.63) is 35.4 Å². The monoisotopic (exact) mass is 318 g/mol. The predicted molar refractivity (Wildman–Crippen MR) is 93.5 cm³/mol. The molecule has 0 aromatic heterocycles. The van der Waals surface area contributed by atoms with Gasteiger partial charge >= 0.3 is 6.09 Å². The van der Waals surface area contributed by atoms with Gasteiger partial charge in [0.2, 0.25) is 0 Å². The van der Waals surface area contributed by atoms with Crippen molar-refractivity contribution in [1.29, 1.82) is 0 Å². The summed E-state index contributed by atoms with van der Waals surface area (Å²) in [6.45, 7) is 10.7. The van der Waals surface area contributed by atoms with E-state index in [0.29, 0.717) is 5.92 Å². The van der Waals surface area contributed by atoms with Crippen LogP contribution < -0.4 is 10.6 Å². The van der Waals surface area contributed by atoms with E-state index < -0.39 is 5.60 Å². The molecular weight excluding hydrogens is 288 g/mol. The summed E-state index contributed by atoms with van der Waals surface area (Å²) in [5, 5.41) is 6.59. The van der Waals surface area contributed by atoms with Gasteiger partial charge in [-0.15, -0.1) is 0 Å². The summed E-state index contributed by atoms with van der Waals surface area (Å²) < 4.78 is 5.38. The Morgan fingerprint density at radius 3 is 2.52 bits per heavy atom. The summed E-state index contributed by atoms with van der Waals surface area (Å²) in [7, 11) is 0. The quantitative estimate of drug-likeness (QED) is 0.835. The molecule has 0 spiro atoms. The van der Waals surface area contributed by atoms with Crippen LogP contribution in [0.3, 0.4) is 0 Å². The minimum absolute atomic E-state index is 0.135. The summed E-state index contributed by atoms with van der Waals surface area (Å²) in [6.07, 6.45) is 2.04. The van der Waals surface area contributed by atoms with Crippen molar-refractivity contribution in [2.45, 2.75) is 65.1 Å². The maximum Gasteiger partial charge on any atom is 0.407 e. The molecule has 4 nitrogen and oxygen atoms in total. The highest BCUT2D eigenvalue weighted by Crippen LogP contribution is 2.33. The Morgan fingerprint density at radius 2 is 1.96 bits per heavy atom. The van der Waals surface area contributed by atoms with Crippen LogP contribution in [-0.2, 0) is 4.74 Å². The highest BCUT2D eigenvalue weighted by atomic mass is 16.6. The third-order valence-electron chi connectivity index (χ3n) is 4.19. The molecule has 1 aromatic carbocycles. The summed E-state index contributed by atoms with van der Waals surface area (Å²) in [5.74, 6) is 0.569. The number of ether oxygens (including phenoxy) is 1. The largest absolute Gasteiger partial charge is 0.444 e. The summed E-state index contributed by atoms with van der Waals surface area (Å²) in [5.41, 5.74) is 2.13. The number of benzene rings is 1. The van der Waals surface area contributed by atoms with Gasteiger partial charge in [-0.1, -0.05) is 24.3 Å². The fourth-order valence-corrected chi connectivity index (χ4v) is 2.78. The van der Waals surface area contributed by atoms with Crippen molar-refractivity contribution in [3.63, 3.8) is 0 Å². The van der Waals surface area contributed by atoms with E-state index in [-0.39, 0.29) is 18.2 Å². The van der Waals surface area contributed by atoms with E-state index in [0.717, 1.165) is 6.54 Å². The fourth-order valence-electron chi connectivity index (χ4n) is 2.78. The first-order valence-corrected chi connectivity index (χ1v) is 8.54. The van der Waals surface area contributed by atoms with Crippen molar-refractivity contribution in [2.24, 2.45) is 5.92 Å². The Kier molecular flexibility index (Phi) is 5.69. The zero-order chi connectivity index (χ0) is 17.0. The Labute approximate surface area is 140 Å². The molecule has 1 saturated carbocycles. The number of carbonyl (C=O) groups is 1. The van der Waals surface area contributed by atoms with Crippen LogP contribution >= 0.6 is 0 Å². The Morgan fingerprint density at radius 1 is 1.30 bits per heavy atom. The third-order valence-corrected chi connectivity index (χ3v) is 4.19. The maximum atomic E-state index is 12.0. The lowest BCUT2D eigenvalue weighted by atomic mass is 10.0. The van der Waals surface area contributed by atoms with Crippen LogP contribution in [-0.4, -0.2) is 24.3 Å². The van der Waals surface area contributed by atoms with Gasteiger partial charge in [0.05, 0.1) is 0 Å². The van der Waals surface area contributed by atoms with Gasteiger partial charge in [-0.05, 0) is 64.5 Å². The normalized spacial score (nSPS) is 17.4. The topological polar surface area (TPSA) is 50.4 Å². The van der Waals surface area contributed by atoms with Crippen LogP contribution in [0.1, 0.15) is 57.7 Å². The highest BCUT2D eigenvalue weighted by molar-refractivity contribution is 5.68. The van der Waals surface area contributed by atoms with Gasteiger partial charge in [0, 0.05) is 18.6 Å². The molecular formula is C19H30N2O2. The molecule has 0 aliphatic heterocycles. The van der Waals surface area contributed by atoms with Crippen LogP contribution in [0.4, 0.5) is 4.79 Å². The molecule has 1 fully saturated rings. The van der Waals surface area contributed by atoms with E-state index in [1.807, 2.05) is 20.8 Å². The molecule has 0 bridgehead atoms. The van der Waals surface area contributed by atoms with E-state index in [9.17, 15) is 4.79 Å². The number of hydrogen-bond acceptors (Lipinski definition) is 3. The van der Waals surface area contributed by atoms with Crippen LogP contribution in [0, 0.1) is 12.8 Å². The van der Waals surface area contributed by atoms with Gasteiger partial charge in [0.25, 0.3) is 0 Å². The molecule has 0 heterocycles. The van der Waals surface area contributed by atoms with E-state index in [2.05, 4.69) is 48.7 Å². The maximum absolute atomic E-state index is 12.0. The van der Waals surface area contributed by atoms with Crippen molar-refractivity contribution in [3.8, 4) is 0 Å². The third kappa shape index (κ3) is 5.87. The van der Waals surface area contributed by atoms with Gasteiger partial charge < -0.3 is 15.4 Å². The van der Waals surface area contributed by atoms with Gasteiger partial charge in [-0.2, -0.15) is 0 Å². The molecule has 2 unspecified atom stereocenters. The average Bonchev–Trinajstić information content (AvgIpc) is 3.26. The minimum atomic E-state index is -0.458. The van der Waals surface area contributed by atoms with E-state index in [1.165, 1.54) is 24.0 Å². The molecule has 4 heteroatoms. The number of carbonyl (C=O) groups excluding carboxylic acids is 1. The van der Waals surface area contributed by atoms with Crippen LogP contribution in [0.25, 0.3) is 0 Å². The number of rotatable bonds is 6. The van der Waals surface area contributed by atoms with Gasteiger partial charge in [0.15, 0.2) is 0 Å². The SMILES string of the molecule is Cc1ccccc1C(C)NCC(NC(=O)OC(C)(C)C)C1CC1. The van der Waals surface area contributed by atoms with Gasteiger partial charge in [-0.25, -0.2) is 4.79 Å². The number of nitrogens with one attached hydrogen (secondary N) is 2. The zero-order valence-corrected chi connectivity index (χ0v) is 15.0. The Bertz CT molecular complexity index is 532. The lowest BCUT2D eigenvalue weighted by Crippen LogP contribution is -2.46. The molecule has 2 N–H and O–H groups in total. The average molecular weight is 318 g/mol. The standard InChI is InChI=1S/C19H30N2O2/c1-13-8-6-7-9-16(13)14(2)20-12-17(15-10-11-15)21-18(22)23-19(3,4)5/h6-9,14-15,17,20H,10-12H2,1-5H3,(H,21,22). The van der Waals surface area contributed by atoms with E-state index in [1.54, 1.807) is 0 Å². The van der Waals surface area contributed by atoms with Crippen molar-refractivity contribution in [2.75, 3.05) is 6.54 Å². The van der Waals surface area contributed by atoms with E-state index >= 15 is 0 Å². The second kappa shape index (κ2) is 7.35. The Hall–Kier alpha value is -1.55. The number of aryl methyl sites for hydroxylation is 1. The second-order valence-electron chi connectivity index (χ2n) is 7.58. The number of hydrogen-bond donors (Lipinski definition) is 2. The molecule has 1 aliphatic carbocycles. The lowest BCUT2D eigenvalue weighted by Gasteiger charge is -2.25. The molecule has 1 aromatic rings. The van der Waals surface area contributed by atoms with Crippen LogP contribution in [0.15, 0.2) is 24.3 Å². The summed E-state index contributed by atoms with van der Waals surface area (Å²) >= 11 is 0. The van der Waals surface area contributed by atoms with Crippen molar-refractivity contribution in [1.82, 2.24) is 10.6 Å². The molecule has 0 saturated heterocycles. The summed E-state index contributed by atoms with van der Waals surface area (Å²) in [4.78, 5) is 12.0. The molecule has 128 valence electrons. The molecule has 2 rings (SSSR count). The zero-order valence-electron chi connectivity index (χ0n) is 15.0. The number of alkyl carbamates (subject to hydrolysis) is 1. The smallest absolute Gasteiger partial charge is 0.407 e. The number of amides is 1. The van der Waals surface area contributed by atoms with Crippen molar-refractivity contribution < 1.29 is 9.53 Å². The molecule has 0 radical (unpaired) electrons. The first kappa shape index (κ1) is 17.8. The molecule has 23 heavy (non-hydrogen) atoms. The minimum Gasteiger partial charge on any atom is -0.444 e. The predicted octanol–water partition coefficient (Wildman–Crippen LogP) is 3.95. The highest BCUT2D eigenvalue weighted by Gasteiger charge is 2.33. The first-order chi connectivity index (χ1) is 10.8. The van der Waals surface area contributed by atoms with Crippen LogP contribution in [0.2, 0.25) is 0 Å². The second-order valence-corrected chi connectivity index (χ2v) is 7.58.